The van der Waals surface area contributed by atoms with Crippen LogP contribution in [0.5, 0.6) is 0 Å². The van der Waals surface area contributed by atoms with Gasteiger partial charge < -0.3 is 14.6 Å². The molecule has 0 saturated carbocycles. The highest BCUT2D eigenvalue weighted by Gasteiger charge is 2.22. The van der Waals surface area contributed by atoms with Crippen LogP contribution in [0.2, 0.25) is 0 Å². The first-order valence-corrected chi connectivity index (χ1v) is 13.6. The summed E-state index contributed by atoms with van der Waals surface area (Å²) in [5, 5.41) is 12.0. The normalized spacial score (nSPS) is 11.6. The number of fused-ring (bicyclic) bond motifs is 1. The minimum absolute atomic E-state index is 0.0636. The summed E-state index contributed by atoms with van der Waals surface area (Å²) >= 11 is 0. The summed E-state index contributed by atoms with van der Waals surface area (Å²) in [5.41, 5.74) is 1.99. The van der Waals surface area contributed by atoms with E-state index < -0.39 is 17.3 Å². The van der Waals surface area contributed by atoms with Gasteiger partial charge in [-0.25, -0.2) is 9.37 Å². The Bertz CT molecular complexity index is 2000. The van der Waals surface area contributed by atoms with Crippen LogP contribution in [0.1, 0.15) is 44.5 Å². The number of ether oxygens (including phenoxy) is 1. The summed E-state index contributed by atoms with van der Waals surface area (Å²) < 4.78 is 24.8. The second-order valence-corrected chi connectivity index (χ2v) is 11.5. The van der Waals surface area contributed by atoms with E-state index in [0.29, 0.717) is 27.9 Å². The highest BCUT2D eigenvalue weighted by molar-refractivity contribution is 5.83. The molecule has 0 aliphatic heterocycles. The average molecular weight is 586 g/mol. The molecule has 11 nitrogen and oxygen atoms in total. The van der Waals surface area contributed by atoms with Gasteiger partial charge in [-0.1, -0.05) is 20.8 Å². The molecule has 4 heterocycles. The number of hydrogen-bond acceptors (Lipinski definition) is 8. The number of nitrogens with zero attached hydrogens (tertiary/aromatic N) is 6. The smallest absolute Gasteiger partial charge is 0.302 e. The molecule has 12 heteroatoms. The van der Waals surface area contributed by atoms with E-state index in [1.807, 2.05) is 33.8 Å². The molecule has 43 heavy (non-hydrogen) atoms. The molecule has 0 saturated heterocycles. The Morgan fingerprint density at radius 2 is 1.84 bits per heavy atom. The van der Waals surface area contributed by atoms with E-state index in [1.54, 1.807) is 43.2 Å². The Hall–Kier alpha value is -5.13. The van der Waals surface area contributed by atoms with E-state index >= 15 is 4.39 Å². The van der Waals surface area contributed by atoms with Crippen molar-refractivity contribution in [3.8, 4) is 16.9 Å². The zero-order chi connectivity index (χ0) is 31.2. The molecule has 1 N–H and O–H groups in total. The molecule has 5 rings (SSSR count). The number of aryl methyl sites for hydroxylation is 3. The molecule has 4 aromatic heterocycles. The minimum Gasteiger partial charge on any atom is -0.461 e. The van der Waals surface area contributed by atoms with Gasteiger partial charge in [0.2, 0.25) is 0 Å². The van der Waals surface area contributed by atoms with Gasteiger partial charge in [0, 0.05) is 61.7 Å². The summed E-state index contributed by atoms with van der Waals surface area (Å²) in [6.07, 6.45) is 4.51. The van der Waals surface area contributed by atoms with Gasteiger partial charge in [0.15, 0.2) is 11.6 Å². The summed E-state index contributed by atoms with van der Waals surface area (Å²) in [6.45, 7) is 8.77. The first-order chi connectivity index (χ1) is 20.2. The molecule has 0 atom stereocenters. The summed E-state index contributed by atoms with van der Waals surface area (Å²) in [5.74, 6) is -0.657. The van der Waals surface area contributed by atoms with Gasteiger partial charge in [-0.3, -0.25) is 19.1 Å². The number of benzene rings is 1. The van der Waals surface area contributed by atoms with Crippen molar-refractivity contribution in [3.63, 3.8) is 0 Å². The van der Waals surface area contributed by atoms with Crippen LogP contribution >= 0.6 is 0 Å². The lowest BCUT2D eigenvalue weighted by atomic mass is 9.86. The average Bonchev–Trinajstić information content (AvgIpc) is 3.25. The van der Waals surface area contributed by atoms with E-state index in [2.05, 4.69) is 20.5 Å². The van der Waals surface area contributed by atoms with E-state index in [0.717, 1.165) is 15.9 Å². The number of anilines is 2. The van der Waals surface area contributed by atoms with Crippen LogP contribution in [-0.4, -0.2) is 35.1 Å². The zero-order valence-electron chi connectivity index (χ0n) is 25.0. The van der Waals surface area contributed by atoms with Crippen molar-refractivity contribution >= 4 is 28.2 Å². The van der Waals surface area contributed by atoms with Crippen LogP contribution in [0.15, 0.2) is 58.5 Å². The van der Waals surface area contributed by atoms with Crippen LogP contribution in [0.4, 0.5) is 15.9 Å². The zero-order valence-corrected chi connectivity index (χ0v) is 25.0. The van der Waals surface area contributed by atoms with Crippen molar-refractivity contribution in [2.75, 3.05) is 5.32 Å². The molecule has 1 aromatic carbocycles. The van der Waals surface area contributed by atoms with Crippen molar-refractivity contribution < 1.29 is 13.9 Å². The Morgan fingerprint density at radius 1 is 1.09 bits per heavy atom. The second-order valence-electron chi connectivity index (χ2n) is 11.5. The number of carbonyl (C=O) groups is 1. The van der Waals surface area contributed by atoms with Gasteiger partial charge in [0.05, 0.1) is 11.6 Å². The van der Waals surface area contributed by atoms with Crippen molar-refractivity contribution in [2.24, 2.45) is 14.1 Å². The SMILES string of the molecule is CC(=O)OCc1c(-c2cc(Nc3cc(C)n(C)n3)c(=O)n(C)c2)ccnc1-n1ncc2cc(C(C)(C)C)cc(F)c2c1=O. The van der Waals surface area contributed by atoms with E-state index in [9.17, 15) is 14.4 Å². The van der Waals surface area contributed by atoms with Crippen molar-refractivity contribution in [3.05, 3.63) is 92.3 Å². The predicted molar refractivity (Wildman–Crippen MR) is 161 cm³/mol. The first-order valence-electron chi connectivity index (χ1n) is 13.6. The topological polar surface area (TPSA) is 126 Å². The molecule has 0 unspecified atom stereocenters. The van der Waals surface area contributed by atoms with E-state index in [4.69, 9.17) is 4.74 Å². The highest BCUT2D eigenvalue weighted by Crippen LogP contribution is 2.30. The highest BCUT2D eigenvalue weighted by atomic mass is 19.1. The molecule has 0 spiro atoms. The van der Waals surface area contributed by atoms with E-state index in [1.165, 1.54) is 30.0 Å². The standard InChI is InChI=1S/C31H32FN7O4/c1-17-10-26(36-38(17)7)35-25-12-20(15-37(6)29(25)41)22-8-9-33-28(23(22)16-43-18(2)40)39-30(42)27-19(14-34-39)11-21(13-24(27)32)31(3,4)5/h8-15H,16H2,1-7H3,(H,35,36). The summed E-state index contributed by atoms with van der Waals surface area (Å²) in [7, 11) is 3.41. The number of hydrogen-bond donors (Lipinski definition) is 1. The number of halogens is 1. The predicted octanol–water partition coefficient (Wildman–Crippen LogP) is 4.43. The van der Waals surface area contributed by atoms with Crippen LogP contribution in [0.3, 0.4) is 0 Å². The fraction of sp³-hybridized carbons (Fsp3) is 0.290. The van der Waals surface area contributed by atoms with Gasteiger partial charge >= 0.3 is 5.97 Å². The Morgan fingerprint density at radius 3 is 2.49 bits per heavy atom. The minimum atomic E-state index is -0.711. The van der Waals surface area contributed by atoms with Crippen molar-refractivity contribution in [1.29, 1.82) is 0 Å². The Balaban J connectivity index is 1.70. The monoisotopic (exact) mass is 585 g/mol. The number of carbonyl (C=O) groups excluding carboxylic acids is 1. The third-order valence-electron chi connectivity index (χ3n) is 7.23. The number of pyridine rings is 2. The molecule has 5 aromatic rings. The number of esters is 1. The van der Waals surface area contributed by atoms with Crippen LogP contribution in [-0.2, 0) is 35.6 Å². The lowest BCUT2D eigenvalue weighted by Gasteiger charge is -2.20. The molecular weight excluding hydrogens is 553 g/mol. The van der Waals surface area contributed by atoms with Crippen LogP contribution in [0, 0.1) is 12.7 Å². The van der Waals surface area contributed by atoms with Crippen molar-refractivity contribution in [2.45, 2.75) is 46.6 Å². The molecular formula is C31H32FN7O4. The summed E-state index contributed by atoms with van der Waals surface area (Å²) in [6, 6.07) is 8.25. The van der Waals surface area contributed by atoms with Gasteiger partial charge in [-0.2, -0.15) is 14.9 Å². The number of aromatic nitrogens is 6. The van der Waals surface area contributed by atoms with Crippen LogP contribution in [0.25, 0.3) is 27.7 Å². The molecule has 0 aliphatic carbocycles. The molecule has 0 bridgehead atoms. The maximum absolute atomic E-state index is 15.4. The maximum Gasteiger partial charge on any atom is 0.302 e. The third kappa shape index (κ3) is 5.68. The van der Waals surface area contributed by atoms with Crippen molar-refractivity contribution in [1.82, 2.24) is 29.1 Å². The number of rotatable bonds is 6. The molecule has 0 fully saturated rings. The van der Waals surface area contributed by atoms with Gasteiger partial charge in [-0.05, 0) is 47.7 Å². The van der Waals surface area contributed by atoms with Crippen LogP contribution < -0.4 is 16.4 Å². The lowest BCUT2D eigenvalue weighted by Crippen LogP contribution is -2.25. The molecule has 0 radical (unpaired) electrons. The fourth-order valence-electron chi connectivity index (χ4n) is 4.78. The molecule has 222 valence electrons. The summed E-state index contributed by atoms with van der Waals surface area (Å²) in [4.78, 5) is 43.0. The third-order valence-corrected chi connectivity index (χ3v) is 7.23. The van der Waals surface area contributed by atoms with Gasteiger partial charge in [0.25, 0.3) is 11.1 Å². The number of nitrogens with one attached hydrogen (secondary N) is 1. The lowest BCUT2D eigenvalue weighted by molar-refractivity contribution is -0.142. The first kappa shape index (κ1) is 29.4. The Labute approximate surface area is 246 Å². The van der Waals surface area contributed by atoms with Gasteiger partial charge in [-0.15, -0.1) is 0 Å². The van der Waals surface area contributed by atoms with Gasteiger partial charge in [0.1, 0.15) is 18.1 Å². The quantitative estimate of drug-likeness (QED) is 0.290. The molecule has 0 aliphatic rings. The Kier molecular flexibility index (Phi) is 7.47. The second kappa shape index (κ2) is 10.9. The largest absolute Gasteiger partial charge is 0.461 e. The fourth-order valence-corrected chi connectivity index (χ4v) is 4.78. The molecule has 0 amide bonds. The van der Waals surface area contributed by atoms with E-state index in [-0.39, 0.29) is 34.5 Å². The maximum atomic E-state index is 15.4.